The highest BCUT2D eigenvalue weighted by Crippen LogP contribution is 2.34. The van der Waals surface area contributed by atoms with Crippen molar-refractivity contribution in [2.45, 2.75) is 13.3 Å². The molecule has 4 nitrogen and oxygen atoms in total. The molecule has 0 spiro atoms. The second kappa shape index (κ2) is 5.30. The predicted octanol–water partition coefficient (Wildman–Crippen LogP) is 3.66. The second-order valence-corrected chi connectivity index (χ2v) is 6.26. The Kier molecular flexibility index (Phi) is 3.91. The van der Waals surface area contributed by atoms with Crippen LogP contribution in [0.5, 0.6) is 5.75 Å². The summed E-state index contributed by atoms with van der Waals surface area (Å²) in [7, 11) is 0. The predicted molar refractivity (Wildman–Crippen MR) is 76.9 cm³/mol. The lowest BCUT2D eigenvalue weighted by Crippen LogP contribution is -2.13. The van der Waals surface area contributed by atoms with Crippen LogP contribution in [0.15, 0.2) is 22.7 Å². The van der Waals surface area contributed by atoms with Gasteiger partial charge < -0.3 is 10.2 Å². The van der Waals surface area contributed by atoms with E-state index in [-0.39, 0.29) is 18.0 Å². The minimum atomic E-state index is -0.977. The molecule has 0 saturated heterocycles. The quantitative estimate of drug-likeness (QED) is 0.831. The number of ketones is 1. The number of benzene rings is 1. The summed E-state index contributed by atoms with van der Waals surface area (Å²) in [5.74, 6) is -1.74. The van der Waals surface area contributed by atoms with Crippen molar-refractivity contribution in [1.82, 2.24) is 0 Å². The van der Waals surface area contributed by atoms with E-state index >= 15 is 0 Å². The van der Waals surface area contributed by atoms with Crippen molar-refractivity contribution in [2.75, 3.05) is 0 Å². The fourth-order valence-electron chi connectivity index (χ4n) is 1.65. The van der Waals surface area contributed by atoms with Gasteiger partial charge in [0.1, 0.15) is 5.75 Å². The van der Waals surface area contributed by atoms with E-state index in [0.717, 1.165) is 10.1 Å². The second-order valence-electron chi connectivity index (χ2n) is 4.32. The highest BCUT2D eigenvalue weighted by molar-refractivity contribution is 9.10. The highest BCUT2D eigenvalue weighted by Gasteiger charge is 2.19. The smallest absolute Gasteiger partial charge is 0.306 e. The summed E-state index contributed by atoms with van der Waals surface area (Å²) in [4.78, 5) is 23.2. The van der Waals surface area contributed by atoms with E-state index < -0.39 is 11.9 Å². The van der Waals surface area contributed by atoms with E-state index in [9.17, 15) is 14.7 Å². The van der Waals surface area contributed by atoms with Crippen molar-refractivity contribution in [3.8, 4) is 5.75 Å². The van der Waals surface area contributed by atoms with E-state index in [2.05, 4.69) is 15.9 Å². The van der Waals surface area contributed by atoms with Gasteiger partial charge in [-0.05, 0) is 39.5 Å². The van der Waals surface area contributed by atoms with Crippen LogP contribution >= 0.6 is 27.3 Å². The van der Waals surface area contributed by atoms with Crippen LogP contribution in [-0.4, -0.2) is 22.0 Å². The van der Waals surface area contributed by atoms with Crippen molar-refractivity contribution < 1.29 is 19.8 Å². The van der Waals surface area contributed by atoms with Crippen LogP contribution in [0.4, 0.5) is 0 Å². The number of carboxylic acid groups (broad SMARTS) is 1. The SMILES string of the molecule is C[C@@H](CC(=O)c1cc2cc(Br)c(O)cc2s1)C(=O)O. The number of rotatable bonds is 4. The molecule has 1 heterocycles. The molecule has 19 heavy (non-hydrogen) atoms. The number of thiophene rings is 1. The third-order valence-corrected chi connectivity index (χ3v) is 4.55. The van der Waals surface area contributed by atoms with Gasteiger partial charge in [-0.25, -0.2) is 0 Å². The fraction of sp³-hybridized carbons (Fsp3) is 0.231. The van der Waals surface area contributed by atoms with Crippen LogP contribution in [0.25, 0.3) is 10.1 Å². The minimum Gasteiger partial charge on any atom is -0.507 e. The van der Waals surface area contributed by atoms with Crippen molar-refractivity contribution >= 4 is 49.1 Å². The topological polar surface area (TPSA) is 74.6 Å². The van der Waals surface area contributed by atoms with E-state index in [1.54, 1.807) is 18.2 Å². The van der Waals surface area contributed by atoms with Gasteiger partial charge >= 0.3 is 5.97 Å². The maximum atomic E-state index is 12.0. The molecule has 0 saturated carbocycles. The zero-order chi connectivity index (χ0) is 14.2. The number of fused-ring (bicyclic) bond motifs is 1. The number of phenolic OH excluding ortho intramolecular Hbond substituents is 1. The van der Waals surface area contributed by atoms with Crippen LogP contribution in [-0.2, 0) is 4.79 Å². The lowest BCUT2D eigenvalue weighted by Gasteiger charge is -2.02. The van der Waals surface area contributed by atoms with Gasteiger partial charge in [0.2, 0.25) is 0 Å². The maximum absolute atomic E-state index is 12.0. The molecule has 100 valence electrons. The number of carboxylic acids is 1. The first-order chi connectivity index (χ1) is 8.88. The third-order valence-electron chi connectivity index (χ3n) is 2.77. The third kappa shape index (κ3) is 2.96. The number of carbonyl (C=O) groups excluding carboxylic acids is 1. The standard InChI is InChI=1S/C13H11BrO4S/c1-6(13(17)18)2-10(16)12-4-7-3-8(14)9(15)5-11(7)19-12/h3-6,15H,2H2,1H3,(H,17,18)/t6-/m0/s1. The van der Waals surface area contributed by atoms with E-state index in [0.29, 0.717) is 9.35 Å². The monoisotopic (exact) mass is 342 g/mol. The number of carbonyl (C=O) groups is 2. The first-order valence-corrected chi connectivity index (χ1v) is 7.17. The Morgan fingerprint density at radius 1 is 1.37 bits per heavy atom. The van der Waals surface area contributed by atoms with Gasteiger partial charge in [-0.3, -0.25) is 9.59 Å². The molecular formula is C13H11BrO4S. The average molecular weight is 343 g/mol. The fourth-order valence-corrected chi connectivity index (χ4v) is 3.04. The molecule has 0 radical (unpaired) electrons. The largest absolute Gasteiger partial charge is 0.507 e. The Balaban J connectivity index is 2.31. The average Bonchev–Trinajstić information content (AvgIpc) is 2.72. The molecule has 2 rings (SSSR count). The Morgan fingerprint density at radius 2 is 2.05 bits per heavy atom. The van der Waals surface area contributed by atoms with Crippen LogP contribution in [0, 0.1) is 5.92 Å². The van der Waals surface area contributed by atoms with Gasteiger partial charge in [0, 0.05) is 11.1 Å². The van der Waals surface area contributed by atoms with Gasteiger partial charge in [-0.2, -0.15) is 0 Å². The molecular weight excluding hydrogens is 332 g/mol. The molecule has 6 heteroatoms. The van der Waals surface area contributed by atoms with Crippen LogP contribution in [0.3, 0.4) is 0 Å². The Hall–Kier alpha value is -1.40. The molecule has 0 aliphatic heterocycles. The number of halogens is 1. The molecule has 1 atom stereocenters. The zero-order valence-corrected chi connectivity index (χ0v) is 12.4. The number of aromatic hydroxyl groups is 1. The Morgan fingerprint density at radius 3 is 2.68 bits per heavy atom. The zero-order valence-electron chi connectivity index (χ0n) is 10.0. The summed E-state index contributed by atoms with van der Waals surface area (Å²) in [6, 6.07) is 5.04. The van der Waals surface area contributed by atoms with Crippen LogP contribution in [0.1, 0.15) is 23.0 Å². The van der Waals surface area contributed by atoms with Crippen molar-refractivity contribution in [1.29, 1.82) is 0 Å². The van der Waals surface area contributed by atoms with Crippen molar-refractivity contribution in [3.05, 3.63) is 27.5 Å². The first kappa shape index (κ1) is 14.0. The molecule has 0 aliphatic rings. The molecule has 0 aliphatic carbocycles. The summed E-state index contributed by atoms with van der Waals surface area (Å²) >= 11 is 4.47. The number of phenols is 1. The summed E-state index contributed by atoms with van der Waals surface area (Å²) in [5.41, 5.74) is 0. The number of hydrogen-bond acceptors (Lipinski definition) is 4. The maximum Gasteiger partial charge on any atom is 0.306 e. The number of Topliss-reactive ketones (excluding diaryl/α,β-unsaturated/α-hetero) is 1. The summed E-state index contributed by atoms with van der Waals surface area (Å²) < 4.78 is 1.36. The lowest BCUT2D eigenvalue weighted by molar-refractivity contribution is -0.141. The molecule has 0 fully saturated rings. The molecule has 2 N–H and O–H groups in total. The molecule has 0 bridgehead atoms. The number of aliphatic carboxylic acids is 1. The van der Waals surface area contributed by atoms with Gasteiger partial charge in [0.25, 0.3) is 0 Å². The minimum absolute atomic E-state index is 0.0185. The normalized spacial score (nSPS) is 12.5. The summed E-state index contributed by atoms with van der Waals surface area (Å²) in [6.07, 6.45) is -0.0185. The molecule has 1 aromatic carbocycles. The summed E-state index contributed by atoms with van der Waals surface area (Å²) in [5, 5.41) is 19.2. The van der Waals surface area contributed by atoms with E-state index in [1.165, 1.54) is 18.3 Å². The lowest BCUT2D eigenvalue weighted by atomic mass is 10.0. The van der Waals surface area contributed by atoms with Gasteiger partial charge in [0.05, 0.1) is 15.3 Å². The Bertz CT molecular complexity index is 623. The van der Waals surface area contributed by atoms with Gasteiger partial charge in [-0.15, -0.1) is 11.3 Å². The number of hydrogen-bond donors (Lipinski definition) is 2. The molecule has 1 aromatic heterocycles. The van der Waals surface area contributed by atoms with Gasteiger partial charge in [-0.1, -0.05) is 6.92 Å². The summed E-state index contributed by atoms with van der Waals surface area (Å²) in [6.45, 7) is 1.51. The Labute approximate surface area is 121 Å². The molecule has 0 amide bonds. The van der Waals surface area contributed by atoms with Crippen molar-refractivity contribution in [2.24, 2.45) is 5.92 Å². The van der Waals surface area contributed by atoms with Gasteiger partial charge in [0.15, 0.2) is 5.78 Å². The van der Waals surface area contributed by atoms with Crippen molar-refractivity contribution in [3.63, 3.8) is 0 Å². The molecule has 2 aromatic rings. The molecule has 0 unspecified atom stereocenters. The van der Waals surface area contributed by atoms with E-state index in [4.69, 9.17) is 5.11 Å². The van der Waals surface area contributed by atoms with E-state index in [1.807, 2.05) is 0 Å². The van der Waals surface area contributed by atoms with Crippen LogP contribution in [0.2, 0.25) is 0 Å². The first-order valence-electron chi connectivity index (χ1n) is 5.56. The van der Waals surface area contributed by atoms with Crippen LogP contribution < -0.4 is 0 Å². The highest BCUT2D eigenvalue weighted by atomic mass is 79.9.